The number of amides is 2. The number of carbonyl (C=O) groups excluding carboxylic acids is 2. The highest BCUT2D eigenvalue weighted by Crippen LogP contribution is 1.97. The van der Waals surface area contributed by atoms with Gasteiger partial charge in [0.15, 0.2) is 0 Å². The molecule has 0 spiro atoms. The minimum absolute atomic E-state index is 0.224. The van der Waals surface area contributed by atoms with Gasteiger partial charge in [0, 0.05) is 6.54 Å². The Morgan fingerprint density at radius 1 is 1.29 bits per heavy atom. The molecule has 7 heteroatoms. The molecule has 2 N–H and O–H groups in total. The van der Waals surface area contributed by atoms with E-state index in [9.17, 15) is 9.59 Å². The van der Waals surface area contributed by atoms with E-state index in [2.05, 4.69) is 20.6 Å². The lowest BCUT2D eigenvalue weighted by molar-refractivity contribution is -0.123. The summed E-state index contributed by atoms with van der Waals surface area (Å²) in [5.74, 6) is -1.09. The van der Waals surface area contributed by atoms with Gasteiger partial charge in [0.05, 0.1) is 6.54 Å². The van der Waals surface area contributed by atoms with Crippen LogP contribution in [-0.4, -0.2) is 37.7 Å². The molecule has 0 saturated heterocycles. The van der Waals surface area contributed by atoms with Crippen molar-refractivity contribution in [3.05, 3.63) is 35.9 Å². The summed E-state index contributed by atoms with van der Waals surface area (Å²) in [5, 5.41) is 16.8. The second-order valence-electron chi connectivity index (χ2n) is 4.00. The number of oxime groups is 1. The first-order chi connectivity index (χ1) is 10.2. The molecule has 0 aliphatic rings. The van der Waals surface area contributed by atoms with Crippen molar-refractivity contribution in [2.75, 3.05) is 20.2 Å². The van der Waals surface area contributed by atoms with Crippen LogP contribution in [0.5, 0.6) is 0 Å². The van der Waals surface area contributed by atoms with Crippen molar-refractivity contribution >= 4 is 17.5 Å². The van der Waals surface area contributed by atoms with E-state index in [4.69, 9.17) is 5.26 Å². The summed E-state index contributed by atoms with van der Waals surface area (Å²) < 4.78 is 0. The van der Waals surface area contributed by atoms with Gasteiger partial charge in [0.25, 0.3) is 5.91 Å². The topological polar surface area (TPSA) is 104 Å². The maximum Gasteiger partial charge on any atom is 0.284 e. The Labute approximate surface area is 122 Å². The monoisotopic (exact) mass is 288 g/mol. The molecule has 1 aromatic carbocycles. The Balaban J connectivity index is 2.27. The van der Waals surface area contributed by atoms with Crippen molar-refractivity contribution in [3.63, 3.8) is 0 Å². The van der Waals surface area contributed by atoms with E-state index in [1.54, 1.807) is 6.07 Å². The molecule has 0 saturated carbocycles. The van der Waals surface area contributed by atoms with Crippen LogP contribution in [0.15, 0.2) is 35.5 Å². The maximum atomic E-state index is 11.5. The van der Waals surface area contributed by atoms with Gasteiger partial charge < -0.3 is 15.5 Å². The molecule has 0 radical (unpaired) electrons. The Bertz CT molecular complexity index is 549. The van der Waals surface area contributed by atoms with Crippen LogP contribution in [0, 0.1) is 11.3 Å². The van der Waals surface area contributed by atoms with Gasteiger partial charge in [0.2, 0.25) is 11.6 Å². The zero-order chi connectivity index (χ0) is 15.5. The summed E-state index contributed by atoms with van der Waals surface area (Å²) in [6, 6.07) is 11.3. The van der Waals surface area contributed by atoms with E-state index in [1.807, 2.05) is 30.3 Å². The second-order valence-corrected chi connectivity index (χ2v) is 4.00. The first-order valence-electron chi connectivity index (χ1n) is 6.27. The van der Waals surface area contributed by atoms with E-state index in [0.29, 0.717) is 13.0 Å². The first-order valence-corrected chi connectivity index (χ1v) is 6.27. The Hall–Kier alpha value is -2.88. The summed E-state index contributed by atoms with van der Waals surface area (Å²) in [5.41, 5.74) is 0.676. The standard InChI is InChI=1S/C14H16N4O3/c1-21-18-12(9-15)14(20)17-10-13(19)16-8-7-11-5-3-2-4-6-11/h2-6H,7-8,10H2,1H3,(H,16,19)(H,17,20). The molecular weight excluding hydrogens is 272 g/mol. The zero-order valence-corrected chi connectivity index (χ0v) is 11.6. The lowest BCUT2D eigenvalue weighted by Crippen LogP contribution is -2.40. The lowest BCUT2D eigenvalue weighted by atomic mass is 10.1. The van der Waals surface area contributed by atoms with Crippen LogP contribution in [0.2, 0.25) is 0 Å². The number of carbonyl (C=O) groups is 2. The second kappa shape index (κ2) is 9.09. The average molecular weight is 288 g/mol. The molecule has 1 aromatic rings. The fourth-order valence-electron chi connectivity index (χ4n) is 1.50. The molecule has 0 atom stereocenters. The van der Waals surface area contributed by atoms with Crippen LogP contribution in [0.1, 0.15) is 5.56 Å². The molecule has 0 aromatic heterocycles. The van der Waals surface area contributed by atoms with Gasteiger partial charge in [-0.15, -0.1) is 0 Å². The third kappa shape index (κ3) is 6.20. The molecule has 21 heavy (non-hydrogen) atoms. The zero-order valence-electron chi connectivity index (χ0n) is 11.6. The lowest BCUT2D eigenvalue weighted by Gasteiger charge is -2.06. The van der Waals surface area contributed by atoms with Crippen molar-refractivity contribution in [3.8, 4) is 6.07 Å². The molecule has 0 heterocycles. The Morgan fingerprint density at radius 3 is 2.62 bits per heavy atom. The predicted molar refractivity (Wildman–Crippen MR) is 76.2 cm³/mol. The Kier molecular flexibility index (Phi) is 7.00. The summed E-state index contributed by atoms with van der Waals surface area (Å²) in [7, 11) is 1.22. The molecule has 2 amide bonds. The van der Waals surface area contributed by atoms with Crippen LogP contribution in [0.25, 0.3) is 0 Å². The number of benzene rings is 1. The quantitative estimate of drug-likeness (QED) is 0.544. The minimum atomic E-state index is -0.752. The molecular formula is C14H16N4O3. The number of nitrogens with one attached hydrogen (secondary N) is 2. The fraction of sp³-hybridized carbons (Fsp3) is 0.286. The van der Waals surface area contributed by atoms with Crippen molar-refractivity contribution in [2.45, 2.75) is 6.42 Å². The largest absolute Gasteiger partial charge is 0.398 e. The van der Waals surface area contributed by atoms with Crippen molar-refractivity contribution in [1.82, 2.24) is 10.6 Å². The molecule has 7 nitrogen and oxygen atoms in total. The SMILES string of the molecule is CON=C(C#N)C(=O)NCC(=O)NCCc1ccccc1. The summed E-state index contributed by atoms with van der Waals surface area (Å²) in [4.78, 5) is 27.3. The molecule has 0 fully saturated rings. The Morgan fingerprint density at radius 2 is 2.00 bits per heavy atom. The normalized spacial score (nSPS) is 10.4. The van der Waals surface area contributed by atoms with Gasteiger partial charge >= 0.3 is 0 Å². The van der Waals surface area contributed by atoms with Gasteiger partial charge in [-0.05, 0) is 12.0 Å². The van der Waals surface area contributed by atoms with E-state index >= 15 is 0 Å². The third-order valence-corrected chi connectivity index (χ3v) is 2.49. The maximum absolute atomic E-state index is 11.5. The molecule has 110 valence electrons. The molecule has 0 bridgehead atoms. The first kappa shape index (κ1) is 16.2. The fourth-order valence-corrected chi connectivity index (χ4v) is 1.50. The van der Waals surface area contributed by atoms with Crippen LogP contribution in [-0.2, 0) is 20.8 Å². The number of hydrogen-bond donors (Lipinski definition) is 2. The number of nitriles is 1. The van der Waals surface area contributed by atoms with E-state index < -0.39 is 11.6 Å². The van der Waals surface area contributed by atoms with Crippen LogP contribution < -0.4 is 10.6 Å². The van der Waals surface area contributed by atoms with Crippen LogP contribution >= 0.6 is 0 Å². The van der Waals surface area contributed by atoms with Gasteiger partial charge in [-0.2, -0.15) is 5.26 Å². The molecule has 0 aliphatic heterocycles. The summed E-state index contributed by atoms with van der Waals surface area (Å²) in [6.45, 7) is 0.244. The highest BCUT2D eigenvalue weighted by Gasteiger charge is 2.12. The van der Waals surface area contributed by atoms with Crippen LogP contribution in [0.3, 0.4) is 0 Å². The van der Waals surface area contributed by atoms with Gasteiger partial charge in [-0.1, -0.05) is 35.5 Å². The number of hydrogen-bond acceptors (Lipinski definition) is 5. The van der Waals surface area contributed by atoms with E-state index in [1.165, 1.54) is 7.11 Å². The van der Waals surface area contributed by atoms with E-state index in [-0.39, 0.29) is 12.5 Å². The van der Waals surface area contributed by atoms with Crippen molar-refractivity contribution < 1.29 is 14.4 Å². The van der Waals surface area contributed by atoms with Gasteiger partial charge in [-0.3, -0.25) is 9.59 Å². The summed E-state index contributed by atoms with van der Waals surface area (Å²) in [6.07, 6.45) is 0.703. The highest BCUT2D eigenvalue weighted by atomic mass is 16.6. The predicted octanol–water partition coefficient (Wildman–Crippen LogP) is -0.0125. The van der Waals surface area contributed by atoms with Gasteiger partial charge in [0.1, 0.15) is 13.2 Å². The smallest absolute Gasteiger partial charge is 0.284 e. The average Bonchev–Trinajstić information content (AvgIpc) is 2.51. The third-order valence-electron chi connectivity index (χ3n) is 2.49. The van der Waals surface area contributed by atoms with E-state index in [0.717, 1.165) is 5.56 Å². The number of nitrogens with zero attached hydrogens (tertiary/aromatic N) is 2. The van der Waals surface area contributed by atoms with Crippen molar-refractivity contribution in [1.29, 1.82) is 5.26 Å². The summed E-state index contributed by atoms with van der Waals surface area (Å²) >= 11 is 0. The van der Waals surface area contributed by atoms with Gasteiger partial charge in [-0.25, -0.2) is 0 Å². The molecule has 0 unspecified atom stereocenters. The van der Waals surface area contributed by atoms with Crippen LogP contribution in [0.4, 0.5) is 0 Å². The number of rotatable bonds is 7. The molecule has 0 aliphatic carbocycles. The van der Waals surface area contributed by atoms with Crippen molar-refractivity contribution in [2.24, 2.45) is 5.16 Å². The minimum Gasteiger partial charge on any atom is -0.398 e. The highest BCUT2D eigenvalue weighted by molar-refractivity contribution is 6.45. The molecule has 1 rings (SSSR count).